The summed E-state index contributed by atoms with van der Waals surface area (Å²) >= 11 is 0. The molecule has 0 aromatic heterocycles. The maximum absolute atomic E-state index is 13.1. The van der Waals surface area contributed by atoms with E-state index >= 15 is 0 Å². The second-order valence-corrected chi connectivity index (χ2v) is 9.91. The van der Waals surface area contributed by atoms with Crippen molar-refractivity contribution in [1.29, 1.82) is 0 Å². The van der Waals surface area contributed by atoms with Crippen molar-refractivity contribution < 1.29 is 13.2 Å². The first-order chi connectivity index (χ1) is 13.7. The molecule has 1 amide bonds. The predicted molar refractivity (Wildman–Crippen MR) is 116 cm³/mol. The fourth-order valence-corrected chi connectivity index (χ4v) is 5.62. The van der Waals surface area contributed by atoms with Gasteiger partial charge in [0.15, 0.2) is 0 Å². The fraction of sp³-hybridized carbons (Fsp3) is 0.435. The number of hydrogen-bond acceptors (Lipinski definition) is 3. The van der Waals surface area contributed by atoms with Crippen LogP contribution in [0.4, 0.5) is 0 Å². The Morgan fingerprint density at radius 3 is 2.31 bits per heavy atom. The Balaban J connectivity index is 1.85. The molecule has 1 unspecified atom stereocenters. The number of amides is 1. The highest BCUT2D eigenvalue weighted by Crippen LogP contribution is 2.25. The quantitative estimate of drug-likeness (QED) is 0.794. The van der Waals surface area contributed by atoms with E-state index < -0.39 is 10.0 Å². The van der Waals surface area contributed by atoms with E-state index in [2.05, 4.69) is 11.4 Å². The van der Waals surface area contributed by atoms with Gasteiger partial charge in [-0.25, -0.2) is 8.42 Å². The summed E-state index contributed by atoms with van der Waals surface area (Å²) in [6, 6.07) is 10.9. The molecular formula is C23H30N2O3S. The monoisotopic (exact) mass is 414 g/mol. The van der Waals surface area contributed by atoms with Gasteiger partial charge < -0.3 is 5.32 Å². The number of rotatable bonds is 5. The number of nitrogens with zero attached hydrogens (tertiary/aromatic N) is 1. The van der Waals surface area contributed by atoms with Crippen LogP contribution in [0.5, 0.6) is 0 Å². The second kappa shape index (κ2) is 8.67. The summed E-state index contributed by atoms with van der Waals surface area (Å²) in [5.41, 5.74) is 4.34. The van der Waals surface area contributed by atoms with Crippen LogP contribution in [0.2, 0.25) is 0 Å². The Labute approximate surface area is 174 Å². The molecule has 0 radical (unpaired) electrons. The van der Waals surface area contributed by atoms with Crippen LogP contribution < -0.4 is 5.32 Å². The minimum absolute atomic E-state index is 0.175. The van der Waals surface area contributed by atoms with Crippen LogP contribution >= 0.6 is 0 Å². The third-order valence-corrected chi connectivity index (χ3v) is 7.67. The Bertz CT molecular complexity index is 1010. The van der Waals surface area contributed by atoms with Gasteiger partial charge in [0.2, 0.25) is 10.0 Å². The molecule has 1 atom stereocenters. The molecule has 1 heterocycles. The number of hydrogen-bond donors (Lipinski definition) is 1. The summed E-state index contributed by atoms with van der Waals surface area (Å²) in [5.74, 6) is -0.270. The van der Waals surface area contributed by atoms with Gasteiger partial charge in [0.1, 0.15) is 0 Å². The molecule has 0 bridgehead atoms. The molecule has 3 rings (SSSR count). The summed E-state index contributed by atoms with van der Waals surface area (Å²) < 4.78 is 27.7. The molecule has 6 heteroatoms. The van der Waals surface area contributed by atoms with E-state index in [1.165, 1.54) is 6.07 Å². The highest BCUT2D eigenvalue weighted by molar-refractivity contribution is 7.89. The molecule has 1 N–H and O–H groups in total. The van der Waals surface area contributed by atoms with Crippen molar-refractivity contribution in [2.75, 3.05) is 13.1 Å². The van der Waals surface area contributed by atoms with E-state index in [1.54, 1.807) is 23.4 Å². The molecule has 1 aliphatic rings. The lowest BCUT2D eigenvalue weighted by Gasteiger charge is -2.26. The lowest BCUT2D eigenvalue weighted by molar-refractivity contribution is 0.0939. The zero-order chi connectivity index (χ0) is 21.2. The van der Waals surface area contributed by atoms with Crippen LogP contribution in [0.1, 0.15) is 64.8 Å². The van der Waals surface area contributed by atoms with Crippen LogP contribution in [-0.2, 0) is 10.0 Å². The van der Waals surface area contributed by atoms with Gasteiger partial charge in [-0.1, -0.05) is 36.2 Å². The van der Waals surface area contributed by atoms with Crippen molar-refractivity contribution in [2.45, 2.75) is 57.9 Å². The van der Waals surface area contributed by atoms with Gasteiger partial charge in [-0.05, 0) is 69.4 Å². The minimum Gasteiger partial charge on any atom is -0.346 e. The van der Waals surface area contributed by atoms with Crippen molar-refractivity contribution in [1.82, 2.24) is 9.62 Å². The lowest BCUT2D eigenvalue weighted by atomic mass is 9.99. The Hall–Kier alpha value is -2.18. The molecule has 2 aromatic carbocycles. The van der Waals surface area contributed by atoms with Gasteiger partial charge in [0, 0.05) is 18.7 Å². The van der Waals surface area contributed by atoms with Gasteiger partial charge in [0.25, 0.3) is 5.91 Å². The first-order valence-corrected chi connectivity index (χ1v) is 11.6. The van der Waals surface area contributed by atoms with Crippen LogP contribution in [-0.4, -0.2) is 31.7 Å². The number of aryl methyl sites for hydroxylation is 3. The first kappa shape index (κ1) is 21.5. The van der Waals surface area contributed by atoms with E-state index in [0.29, 0.717) is 24.2 Å². The smallest absolute Gasteiger partial charge is 0.251 e. The molecule has 29 heavy (non-hydrogen) atoms. The number of nitrogens with one attached hydrogen (secondary N) is 1. The average molecular weight is 415 g/mol. The molecule has 0 spiro atoms. The second-order valence-electron chi connectivity index (χ2n) is 8.00. The molecular weight excluding hydrogens is 384 g/mol. The van der Waals surface area contributed by atoms with Crippen LogP contribution in [0.15, 0.2) is 41.3 Å². The number of sulfonamides is 1. The van der Waals surface area contributed by atoms with Crippen LogP contribution in [0.25, 0.3) is 0 Å². The van der Waals surface area contributed by atoms with Crippen LogP contribution in [0.3, 0.4) is 0 Å². The van der Waals surface area contributed by atoms with Crippen molar-refractivity contribution in [3.05, 3.63) is 64.2 Å². The van der Waals surface area contributed by atoms with Gasteiger partial charge in [-0.2, -0.15) is 4.31 Å². The lowest BCUT2D eigenvalue weighted by Crippen LogP contribution is -2.36. The molecule has 1 saturated heterocycles. The third kappa shape index (κ3) is 4.70. The highest BCUT2D eigenvalue weighted by atomic mass is 32.2. The zero-order valence-electron chi connectivity index (χ0n) is 17.7. The van der Waals surface area contributed by atoms with Crippen molar-refractivity contribution in [3.8, 4) is 0 Å². The molecule has 1 aliphatic heterocycles. The topological polar surface area (TPSA) is 66.5 Å². The molecule has 5 nitrogen and oxygen atoms in total. The van der Waals surface area contributed by atoms with Crippen molar-refractivity contribution in [3.63, 3.8) is 0 Å². The highest BCUT2D eigenvalue weighted by Gasteiger charge is 2.28. The summed E-state index contributed by atoms with van der Waals surface area (Å²) in [5, 5.41) is 3.01. The predicted octanol–water partition coefficient (Wildman–Crippen LogP) is 4.28. The first-order valence-electron chi connectivity index (χ1n) is 10.2. The van der Waals surface area contributed by atoms with E-state index in [9.17, 15) is 13.2 Å². The Kier molecular flexibility index (Phi) is 6.44. The Morgan fingerprint density at radius 1 is 0.966 bits per heavy atom. The number of benzene rings is 2. The van der Waals surface area contributed by atoms with Gasteiger partial charge in [-0.15, -0.1) is 0 Å². The zero-order valence-corrected chi connectivity index (χ0v) is 18.5. The maximum Gasteiger partial charge on any atom is 0.251 e. The molecule has 0 aliphatic carbocycles. The molecule has 0 saturated carbocycles. The van der Waals surface area contributed by atoms with Gasteiger partial charge >= 0.3 is 0 Å². The maximum atomic E-state index is 13.1. The van der Waals surface area contributed by atoms with Gasteiger partial charge in [-0.3, -0.25) is 4.79 Å². The summed E-state index contributed by atoms with van der Waals surface area (Å²) in [4.78, 5) is 13.1. The molecule has 156 valence electrons. The SMILES string of the molecule is Cc1ccc(C)c(C(C)NC(=O)c2ccc(C)c(S(=O)(=O)N3CCCCC3)c2)c1. The standard InChI is InChI=1S/C23H30N2O3S/c1-16-8-9-17(2)21(14-16)19(4)24-23(26)20-11-10-18(3)22(15-20)29(27,28)25-12-6-5-7-13-25/h8-11,14-15,19H,5-7,12-13H2,1-4H3,(H,24,26). The summed E-state index contributed by atoms with van der Waals surface area (Å²) in [7, 11) is -3.59. The number of carbonyl (C=O) groups excluding carboxylic acids is 1. The molecule has 2 aromatic rings. The van der Waals surface area contributed by atoms with E-state index in [4.69, 9.17) is 0 Å². The average Bonchev–Trinajstić information content (AvgIpc) is 2.70. The van der Waals surface area contributed by atoms with E-state index in [0.717, 1.165) is 36.0 Å². The number of piperidine rings is 1. The van der Waals surface area contributed by atoms with Crippen LogP contribution in [0, 0.1) is 20.8 Å². The summed E-state index contributed by atoms with van der Waals surface area (Å²) in [6.45, 7) is 8.85. The van der Waals surface area contributed by atoms with E-state index in [-0.39, 0.29) is 16.8 Å². The van der Waals surface area contributed by atoms with Crippen molar-refractivity contribution >= 4 is 15.9 Å². The fourth-order valence-electron chi connectivity index (χ4n) is 3.85. The minimum atomic E-state index is -3.59. The van der Waals surface area contributed by atoms with E-state index in [1.807, 2.05) is 32.9 Å². The summed E-state index contributed by atoms with van der Waals surface area (Å²) in [6.07, 6.45) is 2.82. The molecule has 1 fully saturated rings. The Morgan fingerprint density at radius 2 is 1.62 bits per heavy atom. The van der Waals surface area contributed by atoms with Crippen molar-refractivity contribution in [2.24, 2.45) is 0 Å². The van der Waals surface area contributed by atoms with Gasteiger partial charge in [0.05, 0.1) is 10.9 Å². The largest absolute Gasteiger partial charge is 0.346 e. The number of carbonyl (C=O) groups is 1. The third-order valence-electron chi connectivity index (χ3n) is 5.63. The normalized spacial score (nSPS) is 16.4.